The summed E-state index contributed by atoms with van der Waals surface area (Å²) in [5.41, 5.74) is 4.58. The quantitative estimate of drug-likeness (QED) is 0.141. The first kappa shape index (κ1) is 17.0. The minimum absolute atomic E-state index is 0.220. The Morgan fingerprint density at radius 2 is 1.11 bits per heavy atom. The molecular formula is C27H22Si. The van der Waals surface area contributed by atoms with E-state index in [2.05, 4.69) is 97.3 Å². The van der Waals surface area contributed by atoms with E-state index in [-0.39, 0.29) is 9.52 Å². The van der Waals surface area contributed by atoms with Crippen LogP contribution in [0.5, 0.6) is 0 Å². The van der Waals surface area contributed by atoms with Gasteiger partial charge in [0.15, 0.2) is 0 Å². The molecular weight excluding hydrogens is 352 g/mol. The van der Waals surface area contributed by atoms with Crippen LogP contribution in [-0.4, -0.2) is 9.52 Å². The van der Waals surface area contributed by atoms with Crippen molar-refractivity contribution in [2.24, 2.45) is 0 Å². The SMILES string of the molecule is CCC[SiH2]C#Cc1ccc2cc3cc4cc5ccccc5cc4cc3cc2c1. The summed E-state index contributed by atoms with van der Waals surface area (Å²) in [6, 6.07) is 30.4. The molecule has 0 aliphatic carbocycles. The highest BCUT2D eigenvalue weighted by molar-refractivity contribution is 6.46. The van der Waals surface area contributed by atoms with Gasteiger partial charge >= 0.3 is 0 Å². The van der Waals surface area contributed by atoms with E-state index in [1.807, 2.05) is 0 Å². The van der Waals surface area contributed by atoms with Crippen molar-refractivity contribution in [2.45, 2.75) is 19.4 Å². The number of hydrogen-bond acceptors (Lipinski definition) is 0. The molecule has 0 nitrogen and oxygen atoms in total. The van der Waals surface area contributed by atoms with Crippen molar-refractivity contribution in [3.63, 3.8) is 0 Å². The lowest BCUT2D eigenvalue weighted by molar-refractivity contribution is 1.08. The maximum absolute atomic E-state index is 3.43. The first-order valence-corrected chi connectivity index (χ1v) is 11.8. The molecule has 0 fully saturated rings. The van der Waals surface area contributed by atoms with Crippen LogP contribution in [0.2, 0.25) is 6.04 Å². The maximum Gasteiger partial charge on any atom is 0.107 e. The molecule has 1 heteroatoms. The summed E-state index contributed by atoms with van der Waals surface area (Å²) in [6.45, 7) is 2.24. The van der Waals surface area contributed by atoms with Gasteiger partial charge in [-0.15, -0.1) is 5.54 Å². The Hall–Kier alpha value is -3.08. The van der Waals surface area contributed by atoms with Gasteiger partial charge in [-0.1, -0.05) is 55.6 Å². The minimum atomic E-state index is -0.220. The van der Waals surface area contributed by atoms with Crippen molar-refractivity contribution in [3.05, 3.63) is 84.4 Å². The van der Waals surface area contributed by atoms with Crippen LogP contribution in [0.15, 0.2) is 78.9 Å². The van der Waals surface area contributed by atoms with Crippen LogP contribution in [0, 0.1) is 11.5 Å². The van der Waals surface area contributed by atoms with E-state index in [9.17, 15) is 0 Å². The van der Waals surface area contributed by atoms with E-state index < -0.39 is 0 Å². The van der Waals surface area contributed by atoms with Gasteiger partial charge in [-0.3, -0.25) is 0 Å². The van der Waals surface area contributed by atoms with E-state index in [4.69, 9.17) is 0 Å². The highest BCUT2D eigenvalue weighted by Crippen LogP contribution is 2.30. The average Bonchev–Trinajstić information content (AvgIpc) is 2.72. The predicted molar refractivity (Wildman–Crippen MR) is 127 cm³/mol. The first-order chi connectivity index (χ1) is 13.8. The first-order valence-electron chi connectivity index (χ1n) is 10.1. The number of hydrogen-bond donors (Lipinski definition) is 0. The van der Waals surface area contributed by atoms with Crippen molar-refractivity contribution in [3.8, 4) is 11.5 Å². The molecule has 0 bridgehead atoms. The molecule has 134 valence electrons. The second kappa shape index (κ2) is 7.15. The average molecular weight is 375 g/mol. The predicted octanol–water partition coefficient (Wildman–Crippen LogP) is 6.61. The Bertz CT molecular complexity index is 1400. The smallest absolute Gasteiger partial charge is 0.107 e. The van der Waals surface area contributed by atoms with Crippen LogP contribution in [0.1, 0.15) is 18.9 Å². The van der Waals surface area contributed by atoms with Crippen LogP contribution in [0.3, 0.4) is 0 Å². The zero-order chi connectivity index (χ0) is 18.9. The summed E-state index contributed by atoms with van der Waals surface area (Å²) < 4.78 is 0. The van der Waals surface area contributed by atoms with Gasteiger partial charge in [0.1, 0.15) is 9.52 Å². The number of rotatable bonds is 2. The molecule has 0 heterocycles. The van der Waals surface area contributed by atoms with Crippen LogP contribution < -0.4 is 0 Å². The van der Waals surface area contributed by atoms with Gasteiger partial charge in [-0.2, -0.15) is 0 Å². The zero-order valence-electron chi connectivity index (χ0n) is 16.1. The molecule has 0 amide bonds. The summed E-state index contributed by atoms with van der Waals surface area (Å²) >= 11 is 0. The lowest BCUT2D eigenvalue weighted by Crippen LogP contribution is -1.84. The summed E-state index contributed by atoms with van der Waals surface area (Å²) in [5, 5.41) is 10.3. The molecule has 0 aliphatic rings. The van der Waals surface area contributed by atoms with Crippen molar-refractivity contribution in [1.29, 1.82) is 0 Å². The van der Waals surface area contributed by atoms with E-state index in [1.54, 1.807) is 0 Å². The van der Waals surface area contributed by atoms with E-state index in [1.165, 1.54) is 55.6 Å². The fourth-order valence-corrected chi connectivity index (χ4v) is 4.81. The van der Waals surface area contributed by atoms with E-state index >= 15 is 0 Å². The Labute approximate surface area is 168 Å². The molecule has 5 aromatic carbocycles. The van der Waals surface area contributed by atoms with Gasteiger partial charge in [0.25, 0.3) is 0 Å². The van der Waals surface area contributed by atoms with Crippen LogP contribution >= 0.6 is 0 Å². The zero-order valence-corrected chi connectivity index (χ0v) is 17.5. The maximum atomic E-state index is 3.43. The number of benzene rings is 5. The molecule has 0 unspecified atom stereocenters. The molecule has 5 rings (SSSR count). The van der Waals surface area contributed by atoms with Crippen molar-refractivity contribution in [1.82, 2.24) is 0 Å². The van der Waals surface area contributed by atoms with Crippen LogP contribution in [0.4, 0.5) is 0 Å². The molecule has 0 saturated heterocycles. The molecule has 28 heavy (non-hydrogen) atoms. The lowest BCUT2D eigenvalue weighted by atomic mass is 9.97. The highest BCUT2D eigenvalue weighted by atomic mass is 28.2. The topological polar surface area (TPSA) is 0 Å². The van der Waals surface area contributed by atoms with Gasteiger partial charge in [0, 0.05) is 5.56 Å². The third-order valence-corrected chi connectivity index (χ3v) is 6.99. The lowest BCUT2D eigenvalue weighted by Gasteiger charge is -2.07. The van der Waals surface area contributed by atoms with Gasteiger partial charge in [-0.25, -0.2) is 0 Å². The van der Waals surface area contributed by atoms with Crippen LogP contribution in [0.25, 0.3) is 43.1 Å². The van der Waals surface area contributed by atoms with E-state index in [0.29, 0.717) is 0 Å². The Morgan fingerprint density at radius 1 is 0.607 bits per heavy atom. The highest BCUT2D eigenvalue weighted by Gasteiger charge is 2.03. The van der Waals surface area contributed by atoms with Gasteiger partial charge in [-0.05, 0) is 91.6 Å². The molecule has 0 aliphatic heterocycles. The largest absolute Gasteiger partial charge is 0.134 e. The third-order valence-electron chi connectivity index (χ3n) is 5.50. The molecule has 0 atom stereocenters. The molecule has 0 aromatic heterocycles. The minimum Gasteiger partial charge on any atom is -0.134 e. The summed E-state index contributed by atoms with van der Waals surface area (Å²) in [4.78, 5) is 0. The van der Waals surface area contributed by atoms with Crippen molar-refractivity contribution >= 4 is 52.6 Å². The fourth-order valence-electron chi connectivity index (χ4n) is 3.95. The van der Waals surface area contributed by atoms with Crippen LogP contribution in [-0.2, 0) is 0 Å². The third kappa shape index (κ3) is 3.17. The van der Waals surface area contributed by atoms with Crippen molar-refractivity contribution < 1.29 is 0 Å². The Balaban J connectivity index is 1.65. The standard InChI is InChI=1S/C27H22Si/c1-2-10-28-11-9-19-7-8-22-15-26-17-24-13-20-5-3-4-6-21(20)14-25(24)18-27(26)16-23(22)12-19/h3-8,12-18H,2,10,28H2,1H3. The summed E-state index contributed by atoms with van der Waals surface area (Å²) in [5.74, 6) is 3.38. The molecule has 0 radical (unpaired) electrons. The second-order valence-electron chi connectivity index (χ2n) is 7.57. The van der Waals surface area contributed by atoms with Gasteiger partial charge in [0.05, 0.1) is 0 Å². The van der Waals surface area contributed by atoms with Gasteiger partial charge < -0.3 is 0 Å². The molecule has 5 aromatic rings. The molecule has 0 N–H and O–H groups in total. The van der Waals surface area contributed by atoms with Gasteiger partial charge in [0.2, 0.25) is 0 Å². The number of fused-ring (bicyclic) bond motifs is 4. The monoisotopic (exact) mass is 374 g/mol. The van der Waals surface area contributed by atoms with E-state index in [0.717, 1.165) is 5.56 Å². The molecule has 0 spiro atoms. The summed E-state index contributed by atoms with van der Waals surface area (Å²) in [6.07, 6.45) is 1.26. The molecule has 0 saturated carbocycles. The Kier molecular flexibility index (Phi) is 4.35. The summed E-state index contributed by atoms with van der Waals surface area (Å²) in [7, 11) is -0.220. The fraction of sp³-hybridized carbons (Fsp3) is 0.111. The Morgan fingerprint density at radius 3 is 1.68 bits per heavy atom. The second-order valence-corrected chi connectivity index (χ2v) is 9.13. The van der Waals surface area contributed by atoms with Crippen molar-refractivity contribution in [2.75, 3.05) is 0 Å². The normalized spacial score (nSPS) is 11.6.